The van der Waals surface area contributed by atoms with Crippen molar-refractivity contribution in [3.05, 3.63) is 29.8 Å². The molecule has 0 spiro atoms. The molecule has 23 heavy (non-hydrogen) atoms. The highest BCUT2D eigenvalue weighted by atomic mass is 32.2. The van der Waals surface area contributed by atoms with E-state index in [0.717, 1.165) is 12.0 Å². The Morgan fingerprint density at radius 3 is 2.48 bits per heavy atom. The number of aryl methyl sites for hydroxylation is 1. The zero-order valence-electron chi connectivity index (χ0n) is 13.8. The first-order chi connectivity index (χ1) is 10.9. The van der Waals surface area contributed by atoms with E-state index in [9.17, 15) is 13.2 Å². The number of carbonyl (C=O) groups is 1. The van der Waals surface area contributed by atoms with E-state index < -0.39 is 10.0 Å². The lowest BCUT2D eigenvalue weighted by atomic mass is 10.2. The smallest absolute Gasteiger partial charge is 0.317 e. The van der Waals surface area contributed by atoms with Crippen LogP contribution in [0.3, 0.4) is 0 Å². The van der Waals surface area contributed by atoms with Gasteiger partial charge in [-0.3, -0.25) is 0 Å². The first-order valence-electron chi connectivity index (χ1n) is 8.04. The van der Waals surface area contributed by atoms with Crippen LogP contribution in [0.5, 0.6) is 0 Å². The molecule has 7 heteroatoms. The zero-order chi connectivity index (χ0) is 16.9. The lowest BCUT2D eigenvalue weighted by Crippen LogP contribution is -2.42. The number of carbonyl (C=O) groups excluding carboxylic acids is 1. The molecule has 1 aromatic rings. The van der Waals surface area contributed by atoms with Gasteiger partial charge in [0.1, 0.15) is 0 Å². The Kier molecular flexibility index (Phi) is 6.01. The molecule has 2 amide bonds. The third-order valence-electron chi connectivity index (χ3n) is 3.93. The van der Waals surface area contributed by atoms with Crippen LogP contribution in [0.4, 0.5) is 4.79 Å². The molecule has 0 bridgehead atoms. The molecule has 1 N–H and O–H groups in total. The third-order valence-corrected chi connectivity index (χ3v) is 5.84. The quantitative estimate of drug-likeness (QED) is 0.909. The molecule has 1 fully saturated rings. The van der Waals surface area contributed by atoms with Crippen LogP contribution in [-0.2, 0) is 10.0 Å². The van der Waals surface area contributed by atoms with E-state index in [-0.39, 0.29) is 6.03 Å². The van der Waals surface area contributed by atoms with Crippen molar-refractivity contribution in [1.82, 2.24) is 14.5 Å². The normalized spacial score (nSPS) is 16.9. The fourth-order valence-electron chi connectivity index (χ4n) is 2.54. The maximum absolute atomic E-state index is 12.7. The second-order valence-electron chi connectivity index (χ2n) is 5.79. The minimum atomic E-state index is -3.49. The van der Waals surface area contributed by atoms with Gasteiger partial charge in [-0.25, -0.2) is 13.2 Å². The molecule has 1 aromatic carbocycles. The average molecular weight is 339 g/mol. The molecule has 1 aliphatic heterocycles. The SMILES string of the molecule is CCCNC(=O)N1CCCN(S(=O)(=O)c2ccc(C)cc2)CC1. The van der Waals surface area contributed by atoms with Crippen LogP contribution in [0.25, 0.3) is 0 Å². The van der Waals surface area contributed by atoms with Crippen LogP contribution >= 0.6 is 0 Å². The summed E-state index contributed by atoms with van der Waals surface area (Å²) in [6.07, 6.45) is 1.53. The number of sulfonamides is 1. The summed E-state index contributed by atoms with van der Waals surface area (Å²) in [7, 11) is -3.49. The van der Waals surface area contributed by atoms with Crippen LogP contribution in [-0.4, -0.2) is 56.4 Å². The van der Waals surface area contributed by atoms with E-state index in [0.29, 0.717) is 44.0 Å². The average Bonchev–Trinajstić information content (AvgIpc) is 2.79. The molecular weight excluding hydrogens is 314 g/mol. The molecule has 1 saturated heterocycles. The molecule has 0 unspecified atom stereocenters. The van der Waals surface area contributed by atoms with E-state index >= 15 is 0 Å². The number of nitrogens with zero attached hydrogens (tertiary/aromatic N) is 2. The molecule has 0 aliphatic carbocycles. The summed E-state index contributed by atoms with van der Waals surface area (Å²) in [5.41, 5.74) is 1.03. The van der Waals surface area contributed by atoms with Crippen LogP contribution in [0, 0.1) is 6.92 Å². The van der Waals surface area contributed by atoms with E-state index in [1.807, 2.05) is 13.8 Å². The Labute approximate surface area is 138 Å². The van der Waals surface area contributed by atoms with Crippen molar-refractivity contribution in [1.29, 1.82) is 0 Å². The molecule has 1 heterocycles. The van der Waals surface area contributed by atoms with Crippen LogP contribution in [0.2, 0.25) is 0 Å². The minimum Gasteiger partial charge on any atom is -0.338 e. The Hall–Kier alpha value is -1.60. The second kappa shape index (κ2) is 7.79. The number of hydrogen-bond donors (Lipinski definition) is 1. The maximum atomic E-state index is 12.7. The highest BCUT2D eigenvalue weighted by Gasteiger charge is 2.28. The van der Waals surface area contributed by atoms with Gasteiger partial charge in [0, 0.05) is 32.7 Å². The molecule has 0 saturated carbocycles. The summed E-state index contributed by atoms with van der Waals surface area (Å²) < 4.78 is 26.9. The summed E-state index contributed by atoms with van der Waals surface area (Å²) in [4.78, 5) is 14.0. The predicted octanol–water partition coefficient (Wildman–Crippen LogP) is 1.81. The van der Waals surface area contributed by atoms with Gasteiger partial charge < -0.3 is 10.2 Å². The van der Waals surface area contributed by atoms with Crippen molar-refractivity contribution < 1.29 is 13.2 Å². The highest BCUT2D eigenvalue weighted by Crippen LogP contribution is 2.18. The standard InChI is InChI=1S/C16H25N3O3S/c1-3-9-17-16(20)18-10-4-11-19(13-12-18)23(21,22)15-7-5-14(2)6-8-15/h5-8H,3-4,9-13H2,1-2H3,(H,17,20). The molecule has 128 valence electrons. The van der Waals surface area contributed by atoms with E-state index in [2.05, 4.69) is 5.32 Å². The Morgan fingerprint density at radius 1 is 1.13 bits per heavy atom. The maximum Gasteiger partial charge on any atom is 0.317 e. The van der Waals surface area contributed by atoms with Crippen molar-refractivity contribution in [2.75, 3.05) is 32.7 Å². The number of urea groups is 1. The van der Waals surface area contributed by atoms with Crippen molar-refractivity contribution in [3.8, 4) is 0 Å². The number of benzene rings is 1. The van der Waals surface area contributed by atoms with Crippen LogP contribution in [0.1, 0.15) is 25.3 Å². The first-order valence-corrected chi connectivity index (χ1v) is 9.48. The van der Waals surface area contributed by atoms with Gasteiger partial charge in [-0.2, -0.15) is 4.31 Å². The Morgan fingerprint density at radius 2 is 1.83 bits per heavy atom. The fraction of sp³-hybridized carbons (Fsp3) is 0.562. The van der Waals surface area contributed by atoms with Gasteiger partial charge in [0.2, 0.25) is 10.0 Å². The van der Waals surface area contributed by atoms with Gasteiger partial charge in [-0.15, -0.1) is 0 Å². The fourth-order valence-corrected chi connectivity index (χ4v) is 4.01. The van der Waals surface area contributed by atoms with Crippen LogP contribution in [0.15, 0.2) is 29.2 Å². The number of hydrogen-bond acceptors (Lipinski definition) is 3. The number of nitrogens with one attached hydrogen (secondary N) is 1. The third kappa shape index (κ3) is 4.45. The summed E-state index contributed by atoms with van der Waals surface area (Å²) >= 11 is 0. The summed E-state index contributed by atoms with van der Waals surface area (Å²) in [6, 6.07) is 6.77. The van der Waals surface area contributed by atoms with Crippen LogP contribution < -0.4 is 5.32 Å². The zero-order valence-corrected chi connectivity index (χ0v) is 14.6. The van der Waals surface area contributed by atoms with Gasteiger partial charge in [0.15, 0.2) is 0 Å². The highest BCUT2D eigenvalue weighted by molar-refractivity contribution is 7.89. The van der Waals surface area contributed by atoms with E-state index in [1.165, 1.54) is 4.31 Å². The van der Waals surface area contributed by atoms with Crippen molar-refractivity contribution in [2.24, 2.45) is 0 Å². The molecule has 2 rings (SSSR count). The largest absolute Gasteiger partial charge is 0.338 e. The first kappa shape index (κ1) is 17.7. The topological polar surface area (TPSA) is 69.7 Å². The van der Waals surface area contributed by atoms with Crippen molar-refractivity contribution in [3.63, 3.8) is 0 Å². The van der Waals surface area contributed by atoms with E-state index in [4.69, 9.17) is 0 Å². The lowest BCUT2D eigenvalue weighted by molar-refractivity contribution is 0.200. The molecule has 6 nitrogen and oxygen atoms in total. The Balaban J connectivity index is 2.04. The van der Waals surface area contributed by atoms with Crippen molar-refractivity contribution in [2.45, 2.75) is 31.6 Å². The summed E-state index contributed by atoms with van der Waals surface area (Å²) in [5, 5.41) is 2.84. The second-order valence-corrected chi connectivity index (χ2v) is 7.73. The summed E-state index contributed by atoms with van der Waals surface area (Å²) in [6.45, 7) is 6.33. The predicted molar refractivity (Wildman–Crippen MR) is 89.8 cm³/mol. The number of amides is 2. The van der Waals surface area contributed by atoms with Gasteiger partial charge in [-0.1, -0.05) is 24.6 Å². The monoisotopic (exact) mass is 339 g/mol. The Bertz CT molecular complexity index is 628. The lowest BCUT2D eigenvalue weighted by Gasteiger charge is -2.22. The molecular formula is C16H25N3O3S. The molecule has 0 atom stereocenters. The van der Waals surface area contributed by atoms with E-state index in [1.54, 1.807) is 29.2 Å². The van der Waals surface area contributed by atoms with Crippen molar-refractivity contribution >= 4 is 16.1 Å². The minimum absolute atomic E-state index is 0.110. The number of rotatable bonds is 4. The van der Waals surface area contributed by atoms with Gasteiger partial charge in [0.25, 0.3) is 0 Å². The summed E-state index contributed by atoms with van der Waals surface area (Å²) in [5.74, 6) is 0. The molecule has 0 aromatic heterocycles. The van der Waals surface area contributed by atoms with Gasteiger partial charge in [0.05, 0.1) is 4.90 Å². The molecule has 1 aliphatic rings. The van der Waals surface area contributed by atoms with Gasteiger partial charge in [-0.05, 0) is 31.9 Å². The van der Waals surface area contributed by atoms with Gasteiger partial charge >= 0.3 is 6.03 Å². The molecule has 0 radical (unpaired) electrons.